The van der Waals surface area contributed by atoms with Crippen molar-refractivity contribution in [2.45, 2.75) is 62.3 Å². The smallest absolute Gasteiger partial charge is 0.178 e. The molecule has 4 aliphatic carbocycles. The van der Waals surface area contributed by atoms with E-state index in [0.717, 1.165) is 11.3 Å². The Labute approximate surface area is 175 Å². The van der Waals surface area contributed by atoms with Gasteiger partial charge in [0.05, 0.1) is 6.10 Å². The maximum Gasteiger partial charge on any atom is 0.178 e. The lowest BCUT2D eigenvalue weighted by molar-refractivity contribution is -0.189. The molecule has 154 valence electrons. The lowest BCUT2D eigenvalue weighted by Crippen LogP contribution is -2.67. The van der Waals surface area contributed by atoms with Crippen molar-refractivity contribution in [1.29, 1.82) is 0 Å². The summed E-state index contributed by atoms with van der Waals surface area (Å²) in [6.45, 7) is 5.96. The van der Waals surface area contributed by atoms with Crippen molar-refractivity contribution < 1.29 is 19.1 Å². The van der Waals surface area contributed by atoms with Crippen LogP contribution in [0, 0.1) is 22.7 Å². The molecule has 0 heterocycles. The molecule has 6 heteroatoms. The van der Waals surface area contributed by atoms with E-state index in [1.165, 1.54) is 6.08 Å². The fourth-order valence-corrected chi connectivity index (χ4v) is 9.88. The second kappa shape index (κ2) is 6.45. The lowest BCUT2D eigenvalue weighted by atomic mass is 9.46. The van der Waals surface area contributed by atoms with Crippen molar-refractivity contribution in [3.63, 3.8) is 0 Å². The molecule has 0 aromatic rings. The Morgan fingerprint density at radius 2 is 2.00 bits per heavy atom. The first kappa shape index (κ1) is 20.7. The number of carbonyl (C=O) groups is 2. The van der Waals surface area contributed by atoms with Crippen LogP contribution in [0.3, 0.4) is 0 Å². The van der Waals surface area contributed by atoms with Crippen LogP contribution in [-0.4, -0.2) is 44.5 Å². The Morgan fingerprint density at radius 3 is 2.64 bits per heavy atom. The van der Waals surface area contributed by atoms with Crippen molar-refractivity contribution in [3.05, 3.63) is 23.8 Å². The zero-order valence-electron chi connectivity index (χ0n) is 17.0. The van der Waals surface area contributed by atoms with Gasteiger partial charge in [0.1, 0.15) is 4.08 Å². The second-order valence-electron chi connectivity index (χ2n) is 9.15. The van der Waals surface area contributed by atoms with E-state index >= 15 is 4.39 Å². The number of thioether (sulfide) groups is 2. The molecule has 3 fully saturated rings. The van der Waals surface area contributed by atoms with E-state index in [0.29, 0.717) is 19.3 Å². The number of fused-ring (bicyclic) bond motifs is 5. The zero-order valence-corrected chi connectivity index (χ0v) is 18.6. The number of hydrogen-bond donors (Lipinski definition) is 1. The number of Topliss-reactive ketones (excluding diaryl/α,β-unsaturated/α-hetero) is 1. The van der Waals surface area contributed by atoms with E-state index < -0.39 is 32.6 Å². The Bertz CT molecular complexity index is 795. The highest BCUT2D eigenvalue weighted by atomic mass is 32.2. The largest absolute Gasteiger partial charge is 0.390 e. The monoisotopic (exact) mass is 424 g/mol. The molecule has 0 saturated heterocycles. The summed E-state index contributed by atoms with van der Waals surface area (Å²) in [7, 11) is 0. The normalized spacial score (nSPS) is 50.1. The first-order chi connectivity index (χ1) is 13.1. The van der Waals surface area contributed by atoms with E-state index in [1.54, 1.807) is 35.7 Å². The minimum Gasteiger partial charge on any atom is -0.390 e. The van der Waals surface area contributed by atoms with Gasteiger partial charge in [-0.05, 0) is 56.3 Å². The van der Waals surface area contributed by atoms with Gasteiger partial charge in [0.2, 0.25) is 0 Å². The Kier molecular flexibility index (Phi) is 4.76. The van der Waals surface area contributed by atoms with Gasteiger partial charge in [-0.1, -0.05) is 25.5 Å². The molecule has 0 spiro atoms. The third-order valence-corrected chi connectivity index (χ3v) is 11.7. The molecule has 3 saturated carbocycles. The van der Waals surface area contributed by atoms with Crippen molar-refractivity contribution in [3.8, 4) is 0 Å². The number of ketones is 2. The fraction of sp³-hybridized carbons (Fsp3) is 0.727. The van der Waals surface area contributed by atoms with Crippen LogP contribution in [0.4, 0.5) is 4.39 Å². The van der Waals surface area contributed by atoms with Gasteiger partial charge >= 0.3 is 0 Å². The number of alkyl halides is 1. The summed E-state index contributed by atoms with van der Waals surface area (Å²) in [6.07, 6.45) is 7.33. The highest BCUT2D eigenvalue weighted by molar-refractivity contribution is 8.19. The molecule has 3 nitrogen and oxygen atoms in total. The molecular weight excluding hydrogens is 395 g/mol. The van der Waals surface area contributed by atoms with Gasteiger partial charge in [-0.25, -0.2) is 4.39 Å². The van der Waals surface area contributed by atoms with Gasteiger partial charge in [0.15, 0.2) is 17.2 Å². The van der Waals surface area contributed by atoms with Crippen LogP contribution in [-0.2, 0) is 9.59 Å². The Morgan fingerprint density at radius 1 is 1.29 bits per heavy atom. The standard InChI is InChI=1S/C22H29FO3S2/c1-5-28-22(27-4)17(25)11-16-15-7-6-13-10-14(24)8-9-19(13,2)21(15,23)18(26)12-20(16,22)3/h8-10,15-16,18,26H,5-7,11-12H2,1-4H3/t15-,16-,18-,19-,20-,21-,22+/m0/s1. The summed E-state index contributed by atoms with van der Waals surface area (Å²) < 4.78 is 16.3. The molecule has 7 atom stereocenters. The predicted octanol–water partition coefficient (Wildman–Crippen LogP) is 4.35. The summed E-state index contributed by atoms with van der Waals surface area (Å²) >= 11 is 3.22. The van der Waals surface area contributed by atoms with Crippen LogP contribution >= 0.6 is 23.5 Å². The summed E-state index contributed by atoms with van der Waals surface area (Å²) in [5.74, 6) is 0.408. The van der Waals surface area contributed by atoms with Crippen LogP contribution in [0.1, 0.15) is 46.5 Å². The van der Waals surface area contributed by atoms with Crippen LogP contribution in [0.5, 0.6) is 0 Å². The molecule has 4 aliphatic rings. The molecule has 0 unspecified atom stereocenters. The van der Waals surface area contributed by atoms with E-state index in [-0.39, 0.29) is 23.9 Å². The zero-order chi connectivity index (χ0) is 20.5. The SMILES string of the molecule is CCS[C@]1(SC)C(=O)C[C@H]2[C@@H]3CCC4=CC(=O)C=C[C@]4(C)[C@@]3(F)[C@@H](O)C[C@@]21C. The van der Waals surface area contributed by atoms with Gasteiger partial charge in [0, 0.05) is 23.2 Å². The third-order valence-electron chi connectivity index (χ3n) is 8.19. The van der Waals surface area contributed by atoms with Crippen molar-refractivity contribution in [2.24, 2.45) is 22.7 Å². The highest BCUT2D eigenvalue weighted by Crippen LogP contribution is 2.72. The average molecular weight is 425 g/mol. The fourth-order valence-electron chi connectivity index (χ4n) is 6.82. The van der Waals surface area contributed by atoms with Gasteiger partial charge in [-0.15, -0.1) is 23.5 Å². The molecule has 4 rings (SSSR count). The van der Waals surface area contributed by atoms with E-state index in [2.05, 4.69) is 6.92 Å². The quantitative estimate of drug-likeness (QED) is 0.683. The number of halogens is 1. The van der Waals surface area contributed by atoms with Crippen LogP contribution in [0.2, 0.25) is 0 Å². The van der Waals surface area contributed by atoms with Crippen molar-refractivity contribution in [1.82, 2.24) is 0 Å². The topological polar surface area (TPSA) is 54.4 Å². The predicted molar refractivity (Wildman–Crippen MR) is 113 cm³/mol. The van der Waals surface area contributed by atoms with Crippen LogP contribution in [0.15, 0.2) is 23.8 Å². The van der Waals surface area contributed by atoms with Gasteiger partial charge in [-0.2, -0.15) is 0 Å². The summed E-state index contributed by atoms with van der Waals surface area (Å²) in [6, 6.07) is 0. The Balaban J connectivity index is 1.84. The number of rotatable bonds is 3. The number of aliphatic hydroxyl groups is 1. The number of hydrogen-bond acceptors (Lipinski definition) is 5. The third kappa shape index (κ3) is 2.23. The van der Waals surface area contributed by atoms with Gasteiger partial charge < -0.3 is 5.11 Å². The molecule has 0 amide bonds. The van der Waals surface area contributed by atoms with Gasteiger partial charge in [-0.3, -0.25) is 9.59 Å². The van der Waals surface area contributed by atoms with E-state index in [1.807, 2.05) is 20.1 Å². The maximum atomic E-state index is 17.0. The highest BCUT2D eigenvalue weighted by Gasteiger charge is 2.75. The van der Waals surface area contributed by atoms with Crippen molar-refractivity contribution in [2.75, 3.05) is 12.0 Å². The lowest BCUT2D eigenvalue weighted by Gasteiger charge is -2.62. The number of carbonyl (C=O) groups excluding carboxylic acids is 2. The van der Waals surface area contributed by atoms with Crippen LogP contribution < -0.4 is 0 Å². The first-order valence-electron chi connectivity index (χ1n) is 10.1. The average Bonchev–Trinajstić information content (AvgIpc) is 2.85. The summed E-state index contributed by atoms with van der Waals surface area (Å²) in [5.41, 5.74) is -2.51. The van der Waals surface area contributed by atoms with Crippen LogP contribution in [0.25, 0.3) is 0 Å². The molecule has 0 aromatic heterocycles. The second-order valence-corrected chi connectivity index (χ2v) is 11.9. The molecule has 0 radical (unpaired) electrons. The van der Waals surface area contributed by atoms with Gasteiger partial charge in [0.25, 0.3) is 0 Å². The summed E-state index contributed by atoms with van der Waals surface area (Å²) in [4.78, 5) is 25.1. The first-order valence-corrected chi connectivity index (χ1v) is 12.4. The molecule has 28 heavy (non-hydrogen) atoms. The molecule has 0 aromatic carbocycles. The molecule has 0 bridgehead atoms. The minimum atomic E-state index is -1.86. The van der Waals surface area contributed by atoms with Crippen molar-refractivity contribution >= 4 is 35.1 Å². The number of aliphatic hydroxyl groups excluding tert-OH is 1. The van der Waals surface area contributed by atoms with E-state index in [4.69, 9.17) is 0 Å². The molecule has 1 N–H and O–H groups in total. The number of allylic oxidation sites excluding steroid dienone is 4. The minimum absolute atomic E-state index is 0.0932. The maximum absolute atomic E-state index is 17.0. The molecule has 0 aliphatic heterocycles. The summed E-state index contributed by atoms with van der Waals surface area (Å²) in [5, 5.41) is 11.3. The van der Waals surface area contributed by atoms with E-state index in [9.17, 15) is 14.7 Å². The Hall–Kier alpha value is -0.590. The molecular formula is C22H29FO3S2.